The zero-order valence-electron chi connectivity index (χ0n) is 8.93. The Bertz CT molecular complexity index is 530. The Morgan fingerprint density at radius 2 is 1.88 bits per heavy atom. The fourth-order valence-corrected chi connectivity index (χ4v) is 2.05. The molecule has 0 unspecified atom stereocenters. The van der Waals surface area contributed by atoms with E-state index in [1.807, 2.05) is 18.2 Å². The van der Waals surface area contributed by atoms with Gasteiger partial charge in [-0.3, -0.25) is 0 Å². The highest BCUT2D eigenvalue weighted by molar-refractivity contribution is 5.73. The summed E-state index contributed by atoms with van der Waals surface area (Å²) in [6.07, 6.45) is 8.10. The topological polar surface area (TPSA) is 25.8 Å². The van der Waals surface area contributed by atoms with Gasteiger partial charge in [0.1, 0.15) is 6.33 Å². The smallest absolute Gasteiger partial charge is 0.116 e. The van der Waals surface area contributed by atoms with E-state index in [0.29, 0.717) is 0 Å². The molecule has 0 bridgehead atoms. The third kappa shape index (κ3) is 1.52. The summed E-state index contributed by atoms with van der Waals surface area (Å²) in [5.41, 5.74) is 4.55. The average Bonchev–Trinajstić information content (AvgIpc) is 2.39. The lowest BCUT2D eigenvalue weighted by molar-refractivity contribution is 0.910. The van der Waals surface area contributed by atoms with Crippen molar-refractivity contribution >= 4 is 6.08 Å². The van der Waals surface area contributed by atoms with Crippen molar-refractivity contribution in [2.45, 2.75) is 12.8 Å². The van der Waals surface area contributed by atoms with Crippen molar-refractivity contribution in [1.82, 2.24) is 9.97 Å². The Balaban J connectivity index is 2.20. The summed E-state index contributed by atoms with van der Waals surface area (Å²) in [7, 11) is 0. The molecule has 0 fully saturated rings. The van der Waals surface area contributed by atoms with Gasteiger partial charge < -0.3 is 0 Å². The van der Waals surface area contributed by atoms with Gasteiger partial charge in [-0.25, -0.2) is 9.97 Å². The van der Waals surface area contributed by atoms with Gasteiger partial charge in [0.2, 0.25) is 0 Å². The molecule has 0 radical (unpaired) electrons. The van der Waals surface area contributed by atoms with Gasteiger partial charge in [0.25, 0.3) is 0 Å². The van der Waals surface area contributed by atoms with Gasteiger partial charge in [-0.1, -0.05) is 42.5 Å². The Hall–Kier alpha value is -1.96. The first-order valence-electron chi connectivity index (χ1n) is 5.51. The van der Waals surface area contributed by atoms with Crippen LogP contribution in [0.2, 0.25) is 0 Å². The number of benzene rings is 1. The van der Waals surface area contributed by atoms with Crippen LogP contribution in [0, 0.1) is 0 Å². The molecule has 1 heterocycles. The fourth-order valence-electron chi connectivity index (χ4n) is 2.05. The summed E-state index contributed by atoms with van der Waals surface area (Å²) in [4.78, 5) is 8.74. The fraction of sp³-hybridized carbons (Fsp3) is 0.143. The van der Waals surface area contributed by atoms with E-state index < -0.39 is 0 Å². The van der Waals surface area contributed by atoms with Crippen molar-refractivity contribution in [2.75, 3.05) is 0 Å². The molecule has 0 N–H and O–H groups in total. The zero-order chi connectivity index (χ0) is 10.8. The summed E-state index contributed by atoms with van der Waals surface area (Å²) in [5, 5.41) is 0. The van der Waals surface area contributed by atoms with E-state index in [9.17, 15) is 0 Å². The molecule has 78 valence electrons. The Morgan fingerprint density at radius 3 is 2.75 bits per heavy atom. The highest BCUT2D eigenvalue weighted by Crippen LogP contribution is 2.26. The van der Waals surface area contributed by atoms with E-state index in [2.05, 4.69) is 34.3 Å². The van der Waals surface area contributed by atoms with Crippen LogP contribution in [0.1, 0.15) is 17.7 Å². The van der Waals surface area contributed by atoms with Gasteiger partial charge in [-0.15, -0.1) is 0 Å². The number of hydrogen-bond acceptors (Lipinski definition) is 2. The van der Waals surface area contributed by atoms with Crippen LogP contribution in [0.5, 0.6) is 0 Å². The van der Waals surface area contributed by atoms with Crippen LogP contribution in [-0.2, 0) is 6.42 Å². The standard InChI is InChI=1S/C14H12N2/c1-2-6-11(7-3-1)14-12-8-4-5-9-13(12)15-10-16-14/h1-4,6-8,10H,5,9H2. The molecular formula is C14H12N2. The lowest BCUT2D eigenvalue weighted by Gasteiger charge is -2.12. The third-order valence-electron chi connectivity index (χ3n) is 2.85. The van der Waals surface area contributed by atoms with E-state index >= 15 is 0 Å². The molecule has 0 amide bonds. The van der Waals surface area contributed by atoms with E-state index in [0.717, 1.165) is 29.8 Å². The second-order valence-electron chi connectivity index (χ2n) is 3.89. The second-order valence-corrected chi connectivity index (χ2v) is 3.89. The molecule has 2 nitrogen and oxygen atoms in total. The van der Waals surface area contributed by atoms with Gasteiger partial charge >= 0.3 is 0 Å². The maximum atomic E-state index is 4.40. The zero-order valence-corrected chi connectivity index (χ0v) is 8.93. The van der Waals surface area contributed by atoms with Crippen molar-refractivity contribution in [3.8, 4) is 11.3 Å². The SMILES string of the molecule is C1=Cc2c(ncnc2-c2ccccc2)CC1. The van der Waals surface area contributed by atoms with Crippen LogP contribution in [-0.4, -0.2) is 9.97 Å². The van der Waals surface area contributed by atoms with Crippen molar-refractivity contribution in [2.24, 2.45) is 0 Å². The number of nitrogens with zero attached hydrogens (tertiary/aromatic N) is 2. The molecule has 3 rings (SSSR count). The van der Waals surface area contributed by atoms with Crippen LogP contribution in [0.4, 0.5) is 0 Å². The number of hydrogen-bond donors (Lipinski definition) is 0. The first kappa shape index (κ1) is 9.28. The number of aryl methyl sites for hydroxylation is 1. The molecule has 1 aliphatic carbocycles. The number of fused-ring (bicyclic) bond motifs is 1. The van der Waals surface area contributed by atoms with Crippen molar-refractivity contribution in [3.63, 3.8) is 0 Å². The molecule has 1 aliphatic rings. The van der Waals surface area contributed by atoms with Gasteiger partial charge in [-0.2, -0.15) is 0 Å². The third-order valence-corrected chi connectivity index (χ3v) is 2.85. The van der Waals surface area contributed by atoms with Crippen LogP contribution in [0.3, 0.4) is 0 Å². The molecule has 2 aromatic rings. The van der Waals surface area contributed by atoms with E-state index in [1.54, 1.807) is 6.33 Å². The second kappa shape index (κ2) is 3.89. The minimum absolute atomic E-state index is 1.02. The highest BCUT2D eigenvalue weighted by Gasteiger charge is 2.12. The first-order valence-corrected chi connectivity index (χ1v) is 5.51. The minimum atomic E-state index is 1.02. The lowest BCUT2D eigenvalue weighted by atomic mass is 9.98. The van der Waals surface area contributed by atoms with E-state index in [-0.39, 0.29) is 0 Å². The number of allylic oxidation sites excluding steroid dienone is 1. The van der Waals surface area contributed by atoms with Gasteiger partial charge in [0, 0.05) is 11.1 Å². The summed E-state index contributed by atoms with van der Waals surface area (Å²) in [6.45, 7) is 0. The predicted octanol–water partition coefficient (Wildman–Crippen LogP) is 3.10. The van der Waals surface area contributed by atoms with Crippen molar-refractivity contribution in [1.29, 1.82) is 0 Å². The summed E-state index contributed by atoms with van der Waals surface area (Å²) < 4.78 is 0. The van der Waals surface area contributed by atoms with Crippen LogP contribution < -0.4 is 0 Å². The average molecular weight is 208 g/mol. The monoisotopic (exact) mass is 208 g/mol. The van der Waals surface area contributed by atoms with Crippen LogP contribution in [0.25, 0.3) is 17.3 Å². The van der Waals surface area contributed by atoms with Crippen LogP contribution in [0.15, 0.2) is 42.7 Å². The Kier molecular flexibility index (Phi) is 2.26. The molecule has 16 heavy (non-hydrogen) atoms. The maximum absolute atomic E-state index is 4.40. The molecule has 0 saturated carbocycles. The highest BCUT2D eigenvalue weighted by atomic mass is 14.8. The predicted molar refractivity (Wildman–Crippen MR) is 64.8 cm³/mol. The van der Waals surface area contributed by atoms with Crippen LogP contribution >= 0.6 is 0 Å². The molecule has 2 heteroatoms. The summed E-state index contributed by atoms with van der Waals surface area (Å²) in [5.74, 6) is 0. The number of aromatic nitrogens is 2. The van der Waals surface area contributed by atoms with Crippen molar-refractivity contribution < 1.29 is 0 Å². The van der Waals surface area contributed by atoms with Crippen molar-refractivity contribution in [3.05, 3.63) is 54.0 Å². The van der Waals surface area contributed by atoms with E-state index in [4.69, 9.17) is 0 Å². The first-order chi connectivity index (χ1) is 7.95. The molecule has 1 aromatic carbocycles. The summed E-state index contributed by atoms with van der Waals surface area (Å²) in [6, 6.07) is 10.3. The molecule has 0 atom stereocenters. The molecular weight excluding hydrogens is 196 g/mol. The summed E-state index contributed by atoms with van der Waals surface area (Å²) >= 11 is 0. The normalized spacial score (nSPS) is 13.5. The molecule has 1 aromatic heterocycles. The minimum Gasteiger partial charge on any atom is -0.241 e. The van der Waals surface area contributed by atoms with Gasteiger partial charge in [0.05, 0.1) is 11.4 Å². The Morgan fingerprint density at radius 1 is 1.00 bits per heavy atom. The number of rotatable bonds is 1. The molecule has 0 saturated heterocycles. The lowest BCUT2D eigenvalue weighted by Crippen LogP contribution is -2.01. The largest absolute Gasteiger partial charge is 0.241 e. The Labute approximate surface area is 94.7 Å². The quantitative estimate of drug-likeness (QED) is 0.719. The molecule has 0 spiro atoms. The van der Waals surface area contributed by atoms with Gasteiger partial charge in [-0.05, 0) is 12.8 Å². The molecule has 0 aliphatic heterocycles. The maximum Gasteiger partial charge on any atom is 0.116 e. The van der Waals surface area contributed by atoms with E-state index in [1.165, 1.54) is 5.56 Å². The van der Waals surface area contributed by atoms with Gasteiger partial charge in [0.15, 0.2) is 0 Å².